The molecule has 0 aliphatic heterocycles. The summed E-state index contributed by atoms with van der Waals surface area (Å²) in [6.45, 7) is 12.7. The third-order valence-corrected chi connectivity index (χ3v) is 4.08. The van der Waals surface area contributed by atoms with Crippen molar-refractivity contribution in [2.45, 2.75) is 41.5 Å². The van der Waals surface area contributed by atoms with Gasteiger partial charge in [0.15, 0.2) is 0 Å². The van der Waals surface area contributed by atoms with Gasteiger partial charge in [-0.15, -0.1) is 0 Å². The summed E-state index contributed by atoms with van der Waals surface area (Å²) in [6, 6.07) is 12.7. The maximum Gasteiger partial charge on any atom is 0.140 e. The van der Waals surface area contributed by atoms with E-state index in [1.165, 1.54) is 33.6 Å². The Hall–Kier alpha value is -2.19. The molecule has 0 unspecified atom stereocenters. The molecule has 23 heavy (non-hydrogen) atoms. The second-order valence-electron chi connectivity index (χ2n) is 6.33. The minimum atomic E-state index is 1.03. The number of hydrogen-bond acceptors (Lipinski definition) is 1. The van der Waals surface area contributed by atoms with Gasteiger partial charge in [-0.05, 0) is 45.7 Å². The van der Waals surface area contributed by atoms with Gasteiger partial charge in [0.2, 0.25) is 0 Å². The highest BCUT2D eigenvalue weighted by Gasteiger charge is 2.07. The van der Waals surface area contributed by atoms with Gasteiger partial charge in [0.1, 0.15) is 11.4 Å². The lowest BCUT2D eigenvalue weighted by Gasteiger charge is -2.08. The molecule has 0 saturated carbocycles. The van der Waals surface area contributed by atoms with Crippen molar-refractivity contribution < 1.29 is 5.32 Å². The Balaban J connectivity index is 2.25. The molecular formula is C21H27N2+. The molecule has 0 bridgehead atoms. The summed E-state index contributed by atoms with van der Waals surface area (Å²) in [4.78, 5) is 4.80. The van der Waals surface area contributed by atoms with Crippen molar-refractivity contribution in [1.29, 1.82) is 0 Å². The topological polar surface area (TPSA) is 29.0 Å². The molecule has 2 aromatic carbocycles. The molecule has 0 fully saturated rings. The number of nitrogens with zero attached hydrogens (tertiary/aromatic N) is 1. The average Bonchev–Trinajstić information content (AvgIpc) is 2.47. The molecule has 0 amide bonds. The van der Waals surface area contributed by atoms with E-state index in [0.717, 1.165) is 11.4 Å². The lowest BCUT2D eigenvalue weighted by atomic mass is 10.1. The van der Waals surface area contributed by atoms with E-state index in [0.29, 0.717) is 0 Å². The number of nitrogens with two attached hydrogens (primary N) is 1. The molecule has 0 radical (unpaired) electrons. The predicted octanol–water partition coefficient (Wildman–Crippen LogP) is 4.81. The van der Waals surface area contributed by atoms with E-state index in [1.54, 1.807) is 0 Å². The summed E-state index contributed by atoms with van der Waals surface area (Å²) in [6.07, 6.45) is 2.15. The summed E-state index contributed by atoms with van der Waals surface area (Å²) in [5.74, 6) is 0. The third-order valence-electron chi connectivity index (χ3n) is 4.08. The molecule has 2 heteroatoms. The van der Waals surface area contributed by atoms with Crippen LogP contribution in [0.1, 0.15) is 36.1 Å². The van der Waals surface area contributed by atoms with Crippen LogP contribution in [0, 0.1) is 27.7 Å². The summed E-state index contributed by atoms with van der Waals surface area (Å²) >= 11 is 0. The van der Waals surface area contributed by atoms with Gasteiger partial charge < -0.3 is 0 Å². The molecule has 2 N–H and O–H groups in total. The Bertz CT molecular complexity index is 727. The number of rotatable bonds is 4. The molecule has 2 nitrogen and oxygen atoms in total. The number of aliphatic imine (C=N–C) groups is 1. The van der Waals surface area contributed by atoms with Crippen LogP contribution in [0.25, 0.3) is 0 Å². The highest BCUT2D eigenvalue weighted by atomic mass is 14.9. The highest BCUT2D eigenvalue weighted by molar-refractivity contribution is 5.95. The lowest BCUT2D eigenvalue weighted by Crippen LogP contribution is -2.75. The molecule has 0 aliphatic rings. The zero-order chi connectivity index (χ0) is 17.0. The van der Waals surface area contributed by atoms with Gasteiger partial charge in [0, 0.05) is 29.8 Å². The number of allylic oxidation sites excluding steroid dienone is 2. The SMILES string of the molecule is CC(/C=C(/C)[NH2+]c1c(C)cccc1C)=Nc1c(C)cccc1C. The van der Waals surface area contributed by atoms with Crippen molar-refractivity contribution in [2.75, 3.05) is 0 Å². The molecule has 2 aromatic rings. The minimum Gasteiger partial charge on any atom is -0.285 e. The van der Waals surface area contributed by atoms with Crippen LogP contribution in [0.5, 0.6) is 0 Å². The number of aryl methyl sites for hydroxylation is 4. The Kier molecular flexibility index (Phi) is 5.51. The second-order valence-corrected chi connectivity index (χ2v) is 6.33. The van der Waals surface area contributed by atoms with Gasteiger partial charge in [0.25, 0.3) is 0 Å². The molecule has 0 atom stereocenters. The Morgan fingerprint density at radius 3 is 1.83 bits per heavy atom. The van der Waals surface area contributed by atoms with Crippen LogP contribution in [0.15, 0.2) is 53.2 Å². The molecule has 0 aromatic heterocycles. The third kappa shape index (κ3) is 4.40. The van der Waals surface area contributed by atoms with E-state index in [2.05, 4.69) is 89.3 Å². The number of benzene rings is 2. The van der Waals surface area contributed by atoms with Crippen LogP contribution in [-0.2, 0) is 0 Å². The zero-order valence-electron chi connectivity index (χ0n) is 15.1. The fraction of sp³-hybridized carbons (Fsp3) is 0.286. The summed E-state index contributed by atoms with van der Waals surface area (Å²) in [7, 11) is 0. The van der Waals surface area contributed by atoms with Crippen LogP contribution < -0.4 is 5.32 Å². The van der Waals surface area contributed by atoms with E-state index in [-0.39, 0.29) is 0 Å². The maximum absolute atomic E-state index is 4.80. The lowest BCUT2D eigenvalue weighted by molar-refractivity contribution is -0.518. The van der Waals surface area contributed by atoms with Crippen molar-refractivity contribution in [3.8, 4) is 0 Å². The minimum absolute atomic E-state index is 1.03. The van der Waals surface area contributed by atoms with Crippen LogP contribution >= 0.6 is 0 Å². The standard InChI is InChI=1S/C21H26N2/c1-14-9-7-10-15(2)20(14)22-18(5)13-19(6)23-21-16(3)11-8-12-17(21)4/h7-13,22H,1-6H3/p+1/b18-13-,23-19?. The Labute approximate surface area is 140 Å². The Morgan fingerprint density at radius 2 is 1.30 bits per heavy atom. The second kappa shape index (κ2) is 7.38. The van der Waals surface area contributed by atoms with Crippen LogP contribution in [0.2, 0.25) is 0 Å². The molecule has 0 saturated heterocycles. The van der Waals surface area contributed by atoms with Crippen molar-refractivity contribution in [1.82, 2.24) is 0 Å². The molecule has 0 heterocycles. The van der Waals surface area contributed by atoms with Gasteiger partial charge in [-0.25, -0.2) is 0 Å². The first-order valence-electron chi connectivity index (χ1n) is 8.09. The van der Waals surface area contributed by atoms with Crippen molar-refractivity contribution >= 4 is 17.1 Å². The first-order valence-corrected chi connectivity index (χ1v) is 8.09. The maximum atomic E-state index is 4.80. The van der Waals surface area contributed by atoms with Crippen LogP contribution in [0.4, 0.5) is 11.4 Å². The van der Waals surface area contributed by atoms with Crippen molar-refractivity contribution in [2.24, 2.45) is 4.99 Å². The van der Waals surface area contributed by atoms with E-state index >= 15 is 0 Å². The summed E-state index contributed by atoms with van der Waals surface area (Å²) < 4.78 is 0. The normalized spacial score (nSPS) is 12.6. The van der Waals surface area contributed by atoms with Crippen molar-refractivity contribution in [3.63, 3.8) is 0 Å². The average molecular weight is 307 g/mol. The monoisotopic (exact) mass is 307 g/mol. The molecule has 0 aliphatic carbocycles. The van der Waals surface area contributed by atoms with E-state index < -0.39 is 0 Å². The highest BCUT2D eigenvalue weighted by Crippen LogP contribution is 2.23. The van der Waals surface area contributed by atoms with E-state index in [4.69, 9.17) is 4.99 Å². The van der Waals surface area contributed by atoms with Gasteiger partial charge in [-0.2, -0.15) is 0 Å². The van der Waals surface area contributed by atoms with Gasteiger partial charge >= 0.3 is 0 Å². The fourth-order valence-corrected chi connectivity index (χ4v) is 2.84. The van der Waals surface area contributed by atoms with Crippen LogP contribution in [0.3, 0.4) is 0 Å². The van der Waals surface area contributed by atoms with Gasteiger partial charge in [0.05, 0.1) is 5.69 Å². The van der Waals surface area contributed by atoms with Gasteiger partial charge in [-0.3, -0.25) is 10.3 Å². The van der Waals surface area contributed by atoms with Gasteiger partial charge in [-0.1, -0.05) is 36.4 Å². The smallest absolute Gasteiger partial charge is 0.140 e. The number of para-hydroxylation sites is 2. The fourth-order valence-electron chi connectivity index (χ4n) is 2.84. The summed E-state index contributed by atoms with van der Waals surface area (Å²) in [5.41, 5.74) is 9.69. The number of hydrogen-bond donors (Lipinski definition) is 1. The first-order chi connectivity index (χ1) is 10.9. The predicted molar refractivity (Wildman–Crippen MR) is 99.9 cm³/mol. The largest absolute Gasteiger partial charge is 0.285 e. The zero-order valence-corrected chi connectivity index (χ0v) is 15.1. The van der Waals surface area contributed by atoms with Crippen molar-refractivity contribution in [3.05, 3.63) is 70.4 Å². The molecule has 120 valence electrons. The molecular weight excluding hydrogens is 280 g/mol. The van der Waals surface area contributed by atoms with E-state index in [9.17, 15) is 0 Å². The van der Waals surface area contributed by atoms with Crippen LogP contribution in [-0.4, -0.2) is 5.71 Å². The number of quaternary nitrogens is 1. The molecule has 2 rings (SSSR count). The quantitative estimate of drug-likeness (QED) is 0.620. The molecule has 0 spiro atoms. The Morgan fingerprint density at radius 1 is 0.826 bits per heavy atom. The van der Waals surface area contributed by atoms with E-state index in [1.807, 2.05) is 0 Å². The first kappa shape index (κ1) is 17.2. The summed E-state index contributed by atoms with van der Waals surface area (Å²) in [5, 5.41) is 2.24.